The van der Waals surface area contributed by atoms with Gasteiger partial charge in [0.2, 0.25) is 5.91 Å². The van der Waals surface area contributed by atoms with Crippen LogP contribution in [0.2, 0.25) is 0 Å². The van der Waals surface area contributed by atoms with Gasteiger partial charge in [-0.2, -0.15) is 0 Å². The second kappa shape index (κ2) is 5.45. The molecule has 0 aliphatic rings. The van der Waals surface area contributed by atoms with Gasteiger partial charge < -0.3 is 5.73 Å². The first-order chi connectivity index (χ1) is 8.72. The van der Waals surface area contributed by atoms with E-state index in [-0.39, 0.29) is 0 Å². The van der Waals surface area contributed by atoms with E-state index in [2.05, 4.69) is 18.0 Å². The zero-order valence-corrected chi connectivity index (χ0v) is 10.4. The van der Waals surface area contributed by atoms with Crippen LogP contribution in [-0.4, -0.2) is 10.9 Å². The first-order valence-electron chi connectivity index (χ1n) is 6.06. The number of carbonyl (C=O) groups is 1. The van der Waals surface area contributed by atoms with Gasteiger partial charge in [0.05, 0.1) is 5.69 Å². The lowest BCUT2D eigenvalue weighted by Gasteiger charge is -2.08. The molecule has 0 saturated carbocycles. The minimum atomic E-state index is -0.424. The molecule has 1 amide bonds. The lowest BCUT2D eigenvalue weighted by molar-refractivity contribution is 0.1000. The average Bonchev–Trinajstić information content (AvgIpc) is 2.40. The Balaban J connectivity index is 2.48. The molecule has 0 unspecified atom stereocenters. The largest absolute Gasteiger partial charge is 0.366 e. The molecule has 0 radical (unpaired) electrons. The van der Waals surface area contributed by atoms with Crippen molar-refractivity contribution < 1.29 is 4.79 Å². The van der Waals surface area contributed by atoms with Crippen LogP contribution in [0, 0.1) is 0 Å². The minimum Gasteiger partial charge on any atom is -0.366 e. The van der Waals surface area contributed by atoms with E-state index in [1.807, 2.05) is 18.2 Å². The van der Waals surface area contributed by atoms with Crippen LogP contribution in [0.3, 0.4) is 0 Å². The van der Waals surface area contributed by atoms with Gasteiger partial charge in [-0.15, -0.1) is 0 Å². The summed E-state index contributed by atoms with van der Waals surface area (Å²) in [5.74, 6) is -0.424. The molecular formula is C15H16N2O. The van der Waals surface area contributed by atoms with Crippen molar-refractivity contribution in [1.82, 2.24) is 4.98 Å². The molecule has 1 aromatic carbocycles. The molecule has 2 N–H and O–H groups in total. The van der Waals surface area contributed by atoms with E-state index in [0.29, 0.717) is 5.56 Å². The Morgan fingerprint density at radius 1 is 1.28 bits per heavy atom. The van der Waals surface area contributed by atoms with Gasteiger partial charge >= 0.3 is 0 Å². The van der Waals surface area contributed by atoms with Crippen molar-refractivity contribution in [2.45, 2.75) is 19.8 Å². The van der Waals surface area contributed by atoms with Crippen molar-refractivity contribution in [3.8, 4) is 11.3 Å². The van der Waals surface area contributed by atoms with Crippen LogP contribution in [0.25, 0.3) is 11.3 Å². The van der Waals surface area contributed by atoms with Gasteiger partial charge in [-0.3, -0.25) is 9.78 Å². The van der Waals surface area contributed by atoms with Crippen molar-refractivity contribution in [2.75, 3.05) is 0 Å². The number of hydrogen-bond donors (Lipinski definition) is 1. The highest BCUT2D eigenvalue weighted by atomic mass is 16.1. The maximum atomic E-state index is 11.2. The summed E-state index contributed by atoms with van der Waals surface area (Å²) >= 11 is 0. The van der Waals surface area contributed by atoms with Crippen molar-refractivity contribution >= 4 is 5.91 Å². The highest BCUT2D eigenvalue weighted by molar-refractivity contribution is 5.93. The van der Waals surface area contributed by atoms with Crippen LogP contribution in [0.5, 0.6) is 0 Å². The SMILES string of the molecule is CCCc1ccccc1-c1cc(C(N)=O)ccn1. The standard InChI is InChI=1S/C15H16N2O/c1-2-5-11-6-3-4-7-13(11)14-10-12(15(16)18)8-9-17-14/h3-4,6-10H,2,5H2,1H3,(H2,16,18). The normalized spacial score (nSPS) is 10.3. The van der Waals surface area contributed by atoms with E-state index in [0.717, 1.165) is 24.1 Å². The quantitative estimate of drug-likeness (QED) is 0.893. The Bertz CT molecular complexity index is 564. The fraction of sp³-hybridized carbons (Fsp3) is 0.200. The Morgan fingerprint density at radius 3 is 2.78 bits per heavy atom. The first-order valence-corrected chi connectivity index (χ1v) is 6.06. The zero-order valence-electron chi connectivity index (χ0n) is 10.4. The summed E-state index contributed by atoms with van der Waals surface area (Å²) < 4.78 is 0. The number of aryl methyl sites for hydroxylation is 1. The van der Waals surface area contributed by atoms with Crippen LogP contribution in [0.1, 0.15) is 29.3 Å². The molecule has 0 atom stereocenters. The third-order valence-electron chi connectivity index (χ3n) is 2.86. The second-order valence-corrected chi connectivity index (χ2v) is 4.20. The number of nitrogens with two attached hydrogens (primary N) is 1. The number of amides is 1. The molecule has 3 nitrogen and oxygen atoms in total. The number of carbonyl (C=O) groups excluding carboxylic acids is 1. The Kier molecular flexibility index (Phi) is 3.72. The fourth-order valence-electron chi connectivity index (χ4n) is 1.99. The van der Waals surface area contributed by atoms with Crippen LogP contribution < -0.4 is 5.73 Å². The smallest absolute Gasteiger partial charge is 0.248 e. The third kappa shape index (κ3) is 2.56. The summed E-state index contributed by atoms with van der Waals surface area (Å²) in [7, 11) is 0. The molecular weight excluding hydrogens is 224 g/mol. The van der Waals surface area contributed by atoms with E-state index in [1.54, 1.807) is 18.3 Å². The molecule has 0 bridgehead atoms. The molecule has 18 heavy (non-hydrogen) atoms. The summed E-state index contributed by atoms with van der Waals surface area (Å²) in [5.41, 5.74) is 8.90. The highest BCUT2D eigenvalue weighted by Crippen LogP contribution is 2.23. The average molecular weight is 240 g/mol. The Labute approximate surface area is 107 Å². The summed E-state index contributed by atoms with van der Waals surface area (Å²) in [4.78, 5) is 15.5. The summed E-state index contributed by atoms with van der Waals surface area (Å²) in [6.45, 7) is 2.14. The van der Waals surface area contributed by atoms with Crippen molar-refractivity contribution in [2.24, 2.45) is 5.73 Å². The highest BCUT2D eigenvalue weighted by Gasteiger charge is 2.07. The second-order valence-electron chi connectivity index (χ2n) is 4.20. The number of rotatable bonds is 4. The van der Waals surface area contributed by atoms with Crippen molar-refractivity contribution in [3.63, 3.8) is 0 Å². The maximum Gasteiger partial charge on any atom is 0.248 e. The molecule has 1 aromatic heterocycles. The van der Waals surface area contributed by atoms with E-state index in [4.69, 9.17) is 5.73 Å². The summed E-state index contributed by atoms with van der Waals surface area (Å²) in [6.07, 6.45) is 3.70. The lowest BCUT2D eigenvalue weighted by atomic mass is 9.99. The molecule has 2 aromatic rings. The zero-order chi connectivity index (χ0) is 13.0. The Hall–Kier alpha value is -2.16. The van der Waals surface area contributed by atoms with Crippen molar-refractivity contribution in [3.05, 3.63) is 53.7 Å². The maximum absolute atomic E-state index is 11.2. The number of nitrogens with zero attached hydrogens (tertiary/aromatic N) is 1. The molecule has 1 heterocycles. The van der Waals surface area contributed by atoms with Crippen LogP contribution in [0.4, 0.5) is 0 Å². The topological polar surface area (TPSA) is 56.0 Å². The minimum absolute atomic E-state index is 0.424. The first kappa shape index (κ1) is 12.3. The summed E-state index contributed by atoms with van der Waals surface area (Å²) in [5, 5.41) is 0. The predicted molar refractivity (Wildman–Crippen MR) is 72.2 cm³/mol. The van der Waals surface area contributed by atoms with Gasteiger partial charge in [-0.25, -0.2) is 0 Å². The van der Waals surface area contributed by atoms with Gasteiger partial charge in [-0.1, -0.05) is 37.6 Å². The number of benzene rings is 1. The van der Waals surface area contributed by atoms with Crippen molar-refractivity contribution in [1.29, 1.82) is 0 Å². The lowest BCUT2D eigenvalue weighted by Crippen LogP contribution is -2.11. The van der Waals surface area contributed by atoms with Gasteiger partial charge in [0, 0.05) is 17.3 Å². The fourth-order valence-corrected chi connectivity index (χ4v) is 1.99. The van der Waals surface area contributed by atoms with E-state index < -0.39 is 5.91 Å². The molecule has 0 aliphatic carbocycles. The molecule has 0 saturated heterocycles. The summed E-state index contributed by atoms with van der Waals surface area (Å²) in [6, 6.07) is 11.5. The number of hydrogen-bond acceptors (Lipinski definition) is 2. The molecule has 2 rings (SSSR count). The van der Waals surface area contributed by atoms with Gasteiger partial charge in [-0.05, 0) is 24.1 Å². The number of primary amides is 1. The monoisotopic (exact) mass is 240 g/mol. The predicted octanol–water partition coefficient (Wildman–Crippen LogP) is 2.80. The molecule has 0 spiro atoms. The molecule has 92 valence electrons. The Morgan fingerprint density at radius 2 is 2.06 bits per heavy atom. The van der Waals surface area contributed by atoms with E-state index >= 15 is 0 Å². The van der Waals surface area contributed by atoms with Crippen LogP contribution in [-0.2, 0) is 6.42 Å². The van der Waals surface area contributed by atoms with E-state index in [9.17, 15) is 4.79 Å². The number of pyridine rings is 1. The van der Waals surface area contributed by atoms with E-state index in [1.165, 1.54) is 5.56 Å². The molecule has 3 heteroatoms. The van der Waals surface area contributed by atoms with Gasteiger partial charge in [0.15, 0.2) is 0 Å². The third-order valence-corrected chi connectivity index (χ3v) is 2.86. The van der Waals surface area contributed by atoms with Gasteiger partial charge in [0.25, 0.3) is 0 Å². The van der Waals surface area contributed by atoms with Crippen LogP contribution in [0.15, 0.2) is 42.6 Å². The molecule has 0 fully saturated rings. The number of aromatic nitrogens is 1. The van der Waals surface area contributed by atoms with Gasteiger partial charge in [0.1, 0.15) is 0 Å². The molecule has 0 aliphatic heterocycles. The van der Waals surface area contributed by atoms with Crippen LogP contribution >= 0.6 is 0 Å².